The number of nitrogens with zero attached hydrogens (tertiary/aromatic N) is 5. The van der Waals surface area contributed by atoms with Crippen molar-refractivity contribution in [2.75, 3.05) is 0 Å². The highest BCUT2D eigenvalue weighted by Gasteiger charge is 2.19. The van der Waals surface area contributed by atoms with E-state index >= 15 is 0 Å². The minimum absolute atomic E-state index is 0.367. The number of hydrogen-bond donors (Lipinski definition) is 1. The van der Waals surface area contributed by atoms with Crippen molar-refractivity contribution in [3.63, 3.8) is 0 Å². The van der Waals surface area contributed by atoms with Crippen molar-refractivity contribution in [3.05, 3.63) is 66.5 Å². The van der Waals surface area contributed by atoms with Crippen LogP contribution in [0, 0.1) is 5.82 Å². The smallest absolute Gasteiger partial charge is 0.234 e. The number of hydrogen-bond acceptors (Lipinski definition) is 5. The first-order valence-corrected chi connectivity index (χ1v) is 8.08. The highest BCUT2D eigenvalue weighted by Crippen LogP contribution is 2.28. The molecule has 4 rings (SSSR count). The van der Waals surface area contributed by atoms with Crippen molar-refractivity contribution in [3.8, 4) is 22.5 Å². The van der Waals surface area contributed by atoms with E-state index in [9.17, 15) is 9.50 Å². The molecule has 26 heavy (non-hydrogen) atoms. The van der Waals surface area contributed by atoms with Gasteiger partial charge >= 0.3 is 0 Å². The molecule has 7 heteroatoms. The van der Waals surface area contributed by atoms with Crippen LogP contribution in [0.1, 0.15) is 19.5 Å². The molecule has 0 aliphatic rings. The van der Waals surface area contributed by atoms with Gasteiger partial charge in [-0.15, -0.1) is 0 Å². The second kappa shape index (κ2) is 5.96. The highest BCUT2D eigenvalue weighted by atomic mass is 19.1. The fourth-order valence-corrected chi connectivity index (χ4v) is 2.75. The van der Waals surface area contributed by atoms with Crippen molar-refractivity contribution in [2.45, 2.75) is 19.4 Å². The molecule has 3 heterocycles. The summed E-state index contributed by atoms with van der Waals surface area (Å²) in [4.78, 5) is 8.71. The normalized spacial score (nSPS) is 11.8. The van der Waals surface area contributed by atoms with Crippen molar-refractivity contribution >= 4 is 5.78 Å². The van der Waals surface area contributed by atoms with Gasteiger partial charge in [-0.3, -0.25) is 4.40 Å². The lowest BCUT2D eigenvalue weighted by Crippen LogP contribution is -2.18. The number of halogens is 1. The Balaban J connectivity index is 1.84. The second-order valence-electron chi connectivity index (χ2n) is 6.49. The lowest BCUT2D eigenvalue weighted by molar-refractivity contribution is 0.0739. The molecule has 1 aromatic carbocycles. The van der Waals surface area contributed by atoms with Crippen LogP contribution in [0.25, 0.3) is 28.3 Å². The maximum Gasteiger partial charge on any atom is 0.234 e. The summed E-state index contributed by atoms with van der Waals surface area (Å²) in [6, 6.07) is 9.96. The zero-order chi connectivity index (χ0) is 18.3. The molecule has 6 nitrogen and oxygen atoms in total. The minimum Gasteiger partial charge on any atom is -0.384 e. The summed E-state index contributed by atoms with van der Waals surface area (Å²) in [7, 11) is 0. The maximum absolute atomic E-state index is 14.3. The molecule has 0 aliphatic heterocycles. The van der Waals surface area contributed by atoms with Crippen molar-refractivity contribution in [1.82, 2.24) is 24.6 Å². The molecule has 0 radical (unpaired) electrons. The summed E-state index contributed by atoms with van der Waals surface area (Å²) in [6.07, 6.45) is 5.01. The molecule has 4 aromatic rings. The lowest BCUT2D eigenvalue weighted by atomic mass is 10.0. The summed E-state index contributed by atoms with van der Waals surface area (Å²) >= 11 is 0. The number of rotatable bonds is 3. The highest BCUT2D eigenvalue weighted by molar-refractivity contribution is 5.71. The molecule has 0 amide bonds. The van der Waals surface area contributed by atoms with E-state index in [1.54, 1.807) is 67.2 Å². The third-order valence-electron chi connectivity index (χ3n) is 4.12. The molecule has 0 saturated carbocycles. The molecule has 0 atom stereocenters. The zero-order valence-electron chi connectivity index (χ0n) is 14.3. The predicted octanol–water partition coefficient (Wildman–Crippen LogP) is 3.22. The molecular weight excluding hydrogens is 333 g/mol. The summed E-state index contributed by atoms with van der Waals surface area (Å²) in [6.45, 7) is 3.34. The molecule has 0 saturated heterocycles. The van der Waals surface area contributed by atoms with Crippen LogP contribution >= 0.6 is 0 Å². The molecule has 130 valence electrons. The van der Waals surface area contributed by atoms with Gasteiger partial charge in [-0.25, -0.2) is 14.4 Å². The van der Waals surface area contributed by atoms with Crippen LogP contribution in [0.15, 0.2) is 55.0 Å². The first kappa shape index (κ1) is 16.3. The van der Waals surface area contributed by atoms with Crippen molar-refractivity contribution < 1.29 is 9.50 Å². The third-order valence-corrected chi connectivity index (χ3v) is 4.12. The Labute approximate surface area is 149 Å². The van der Waals surface area contributed by atoms with Gasteiger partial charge in [0.15, 0.2) is 0 Å². The summed E-state index contributed by atoms with van der Waals surface area (Å²) < 4.78 is 16.1. The average Bonchev–Trinajstić information content (AvgIpc) is 3.05. The zero-order valence-corrected chi connectivity index (χ0v) is 14.3. The molecule has 1 N–H and O–H groups in total. The van der Waals surface area contributed by atoms with E-state index in [4.69, 9.17) is 0 Å². The van der Waals surface area contributed by atoms with E-state index in [1.165, 1.54) is 6.07 Å². The van der Waals surface area contributed by atoms with E-state index < -0.39 is 5.60 Å². The van der Waals surface area contributed by atoms with Crippen LogP contribution in [0.3, 0.4) is 0 Å². The van der Waals surface area contributed by atoms with Crippen LogP contribution in [0.2, 0.25) is 0 Å². The first-order valence-electron chi connectivity index (χ1n) is 8.08. The summed E-state index contributed by atoms with van der Waals surface area (Å²) in [5.41, 5.74) is 1.84. The van der Waals surface area contributed by atoms with Gasteiger partial charge in [-0.1, -0.05) is 0 Å². The van der Waals surface area contributed by atoms with Gasteiger partial charge in [-0.2, -0.15) is 10.2 Å². The topological polar surface area (TPSA) is 76.2 Å². The molecule has 0 aliphatic carbocycles. The Hall–Kier alpha value is -3.19. The standard InChI is InChI=1S/C19H16FN5O/c1-19(2,26)17-7-9-25-16(11-21-18(25)23-17)12-5-6-14(20)13(10-12)15-4-3-8-22-24-15/h3-11,26H,1-2H3. The molecule has 3 aromatic heterocycles. The molecular formula is C19H16FN5O. The van der Waals surface area contributed by atoms with Gasteiger partial charge in [0, 0.05) is 23.5 Å². The molecule has 0 spiro atoms. The average molecular weight is 349 g/mol. The third kappa shape index (κ3) is 2.82. The maximum atomic E-state index is 14.3. The Kier molecular flexibility index (Phi) is 3.73. The molecule has 0 fully saturated rings. The van der Waals surface area contributed by atoms with Crippen LogP contribution in [0.5, 0.6) is 0 Å². The van der Waals surface area contributed by atoms with E-state index in [2.05, 4.69) is 20.2 Å². The van der Waals surface area contributed by atoms with Gasteiger partial charge in [0.1, 0.15) is 11.4 Å². The SMILES string of the molecule is CC(C)(O)c1ccn2c(-c3ccc(F)c(-c4cccnn4)c3)cnc2n1. The predicted molar refractivity (Wildman–Crippen MR) is 94.7 cm³/mol. The number of fused-ring (bicyclic) bond motifs is 1. The van der Waals surface area contributed by atoms with Crippen LogP contribution in [0.4, 0.5) is 4.39 Å². The fraction of sp³-hybridized carbons (Fsp3) is 0.158. The molecule has 0 unspecified atom stereocenters. The number of aliphatic hydroxyl groups is 1. The van der Waals surface area contributed by atoms with E-state index in [0.717, 1.165) is 11.3 Å². The van der Waals surface area contributed by atoms with Gasteiger partial charge in [0.05, 0.1) is 23.3 Å². The fourth-order valence-electron chi connectivity index (χ4n) is 2.75. The molecule has 0 bridgehead atoms. The van der Waals surface area contributed by atoms with Crippen molar-refractivity contribution in [1.29, 1.82) is 0 Å². The number of imidazole rings is 1. The Morgan fingerprint density at radius 2 is 2.00 bits per heavy atom. The van der Waals surface area contributed by atoms with Gasteiger partial charge in [-0.05, 0) is 50.2 Å². The van der Waals surface area contributed by atoms with Crippen LogP contribution < -0.4 is 0 Å². The van der Waals surface area contributed by atoms with Gasteiger partial charge in [0.25, 0.3) is 0 Å². The van der Waals surface area contributed by atoms with Crippen molar-refractivity contribution in [2.24, 2.45) is 0 Å². The summed E-state index contributed by atoms with van der Waals surface area (Å²) in [5.74, 6) is 0.0931. The first-order chi connectivity index (χ1) is 12.4. The van der Waals surface area contributed by atoms with Crippen LogP contribution in [-0.4, -0.2) is 29.7 Å². The quantitative estimate of drug-likeness (QED) is 0.614. The van der Waals surface area contributed by atoms with E-state index in [1.807, 2.05) is 0 Å². The monoisotopic (exact) mass is 349 g/mol. The van der Waals surface area contributed by atoms with E-state index in [0.29, 0.717) is 22.7 Å². The number of aromatic nitrogens is 5. The van der Waals surface area contributed by atoms with Gasteiger partial charge in [0.2, 0.25) is 5.78 Å². The number of benzene rings is 1. The van der Waals surface area contributed by atoms with E-state index in [-0.39, 0.29) is 5.82 Å². The largest absolute Gasteiger partial charge is 0.384 e. The van der Waals surface area contributed by atoms with Gasteiger partial charge < -0.3 is 5.11 Å². The Bertz CT molecular complexity index is 1090. The minimum atomic E-state index is -1.05. The summed E-state index contributed by atoms with van der Waals surface area (Å²) in [5, 5.41) is 17.9. The Morgan fingerprint density at radius 1 is 1.15 bits per heavy atom. The Morgan fingerprint density at radius 3 is 2.73 bits per heavy atom. The van der Waals surface area contributed by atoms with Crippen LogP contribution in [-0.2, 0) is 5.60 Å². The lowest BCUT2D eigenvalue weighted by Gasteiger charge is -2.16. The second-order valence-corrected chi connectivity index (χ2v) is 6.49.